The van der Waals surface area contributed by atoms with Gasteiger partial charge in [0.2, 0.25) is 5.91 Å². The molecule has 1 unspecified atom stereocenters. The van der Waals surface area contributed by atoms with E-state index >= 15 is 0 Å². The second-order valence-electron chi connectivity index (χ2n) is 4.81. The highest BCUT2D eigenvalue weighted by Gasteiger charge is 2.13. The molecule has 3 nitrogen and oxygen atoms in total. The molecule has 0 radical (unpaired) electrons. The Morgan fingerprint density at radius 3 is 2.52 bits per heavy atom. The third-order valence-electron chi connectivity index (χ3n) is 3.20. The number of carbonyl (C=O) groups excluding carboxylic acids is 1. The van der Waals surface area contributed by atoms with E-state index < -0.39 is 0 Å². The van der Waals surface area contributed by atoms with Crippen molar-refractivity contribution in [3.8, 4) is 11.1 Å². The van der Waals surface area contributed by atoms with Crippen LogP contribution in [0.5, 0.6) is 0 Å². The molecule has 0 spiro atoms. The zero-order valence-corrected chi connectivity index (χ0v) is 12.2. The Bertz CT molecular complexity index is 608. The van der Waals surface area contributed by atoms with E-state index in [4.69, 9.17) is 0 Å². The number of nitrogens with one attached hydrogen (secondary N) is 2. The Morgan fingerprint density at radius 1 is 1.14 bits per heavy atom. The minimum Gasteiger partial charge on any atom is -0.373 e. The van der Waals surface area contributed by atoms with Crippen molar-refractivity contribution in [2.75, 3.05) is 11.9 Å². The number of amides is 1. The number of anilines is 1. The zero-order chi connectivity index (χ0) is 15.1. The molecule has 2 rings (SSSR count). The maximum absolute atomic E-state index is 11.9. The second-order valence-corrected chi connectivity index (χ2v) is 4.81. The fourth-order valence-electron chi connectivity index (χ4n) is 2.10. The quantitative estimate of drug-likeness (QED) is 0.796. The molecule has 1 atom stereocenters. The number of hydrogen-bond donors (Lipinski definition) is 2. The van der Waals surface area contributed by atoms with Gasteiger partial charge in [0.1, 0.15) is 6.04 Å². The largest absolute Gasteiger partial charge is 0.373 e. The molecule has 0 saturated carbocycles. The predicted octanol–water partition coefficient (Wildman–Crippen LogP) is 3.46. The van der Waals surface area contributed by atoms with Crippen LogP contribution in [-0.4, -0.2) is 18.5 Å². The summed E-state index contributed by atoms with van der Waals surface area (Å²) in [6.45, 7) is 5.92. The molecule has 0 fully saturated rings. The van der Waals surface area contributed by atoms with Crippen molar-refractivity contribution < 1.29 is 4.79 Å². The normalized spacial score (nSPS) is 11.5. The van der Waals surface area contributed by atoms with Gasteiger partial charge < -0.3 is 10.6 Å². The van der Waals surface area contributed by atoms with Crippen LogP contribution >= 0.6 is 0 Å². The van der Waals surface area contributed by atoms with E-state index in [0.29, 0.717) is 6.54 Å². The van der Waals surface area contributed by atoms with Gasteiger partial charge in [-0.25, -0.2) is 0 Å². The van der Waals surface area contributed by atoms with Gasteiger partial charge in [-0.15, -0.1) is 6.58 Å². The van der Waals surface area contributed by atoms with Gasteiger partial charge in [-0.2, -0.15) is 0 Å². The molecule has 0 saturated heterocycles. The van der Waals surface area contributed by atoms with E-state index in [9.17, 15) is 4.79 Å². The molecule has 2 aromatic rings. The Balaban J connectivity index is 2.17. The lowest BCUT2D eigenvalue weighted by molar-refractivity contribution is -0.121. The molecule has 0 aliphatic rings. The molecule has 2 aromatic carbocycles. The van der Waals surface area contributed by atoms with E-state index in [1.165, 1.54) is 0 Å². The summed E-state index contributed by atoms with van der Waals surface area (Å²) in [6, 6.07) is 17.8. The van der Waals surface area contributed by atoms with E-state index in [0.717, 1.165) is 16.8 Å². The zero-order valence-electron chi connectivity index (χ0n) is 12.2. The second kappa shape index (κ2) is 7.29. The van der Waals surface area contributed by atoms with Gasteiger partial charge >= 0.3 is 0 Å². The monoisotopic (exact) mass is 280 g/mol. The highest BCUT2D eigenvalue weighted by molar-refractivity contribution is 5.87. The third kappa shape index (κ3) is 3.96. The van der Waals surface area contributed by atoms with Crippen molar-refractivity contribution >= 4 is 11.6 Å². The first-order valence-electron chi connectivity index (χ1n) is 7.02. The number of rotatable bonds is 6. The van der Waals surface area contributed by atoms with Crippen LogP contribution in [0.2, 0.25) is 0 Å². The van der Waals surface area contributed by atoms with Crippen LogP contribution in [0, 0.1) is 0 Å². The van der Waals surface area contributed by atoms with Gasteiger partial charge in [0.05, 0.1) is 0 Å². The van der Waals surface area contributed by atoms with Crippen LogP contribution in [0.15, 0.2) is 67.3 Å². The molecular weight excluding hydrogens is 260 g/mol. The van der Waals surface area contributed by atoms with Crippen molar-refractivity contribution in [3.05, 3.63) is 67.3 Å². The Hall–Kier alpha value is -2.55. The molecule has 3 heteroatoms. The standard InChI is InChI=1S/C18H20N2O/c1-3-13-19-18(21)14(2)20-17-12-8-7-11-16(17)15-9-5-4-6-10-15/h3-12,14,20H,1,13H2,2H3,(H,19,21). The van der Waals surface area contributed by atoms with Crippen molar-refractivity contribution in [2.45, 2.75) is 13.0 Å². The fourth-order valence-corrected chi connectivity index (χ4v) is 2.10. The lowest BCUT2D eigenvalue weighted by Gasteiger charge is -2.17. The van der Waals surface area contributed by atoms with Gasteiger partial charge in [-0.3, -0.25) is 4.79 Å². The predicted molar refractivity (Wildman–Crippen MR) is 88.2 cm³/mol. The molecule has 21 heavy (non-hydrogen) atoms. The summed E-state index contributed by atoms with van der Waals surface area (Å²) < 4.78 is 0. The first kappa shape index (κ1) is 14.9. The number of carbonyl (C=O) groups is 1. The summed E-state index contributed by atoms with van der Waals surface area (Å²) >= 11 is 0. The van der Waals surface area contributed by atoms with E-state index in [-0.39, 0.29) is 11.9 Å². The van der Waals surface area contributed by atoms with Crippen LogP contribution in [0.3, 0.4) is 0 Å². The maximum atomic E-state index is 11.9. The Morgan fingerprint density at radius 2 is 1.81 bits per heavy atom. The number of hydrogen-bond acceptors (Lipinski definition) is 2. The Labute approximate surface area is 125 Å². The molecule has 0 bridgehead atoms. The van der Waals surface area contributed by atoms with Gasteiger partial charge in [-0.05, 0) is 18.6 Å². The maximum Gasteiger partial charge on any atom is 0.242 e. The molecule has 1 amide bonds. The average Bonchev–Trinajstić information content (AvgIpc) is 2.54. The first-order valence-corrected chi connectivity index (χ1v) is 7.02. The van der Waals surface area contributed by atoms with Crippen LogP contribution in [0.4, 0.5) is 5.69 Å². The van der Waals surface area contributed by atoms with E-state index in [1.807, 2.05) is 49.4 Å². The van der Waals surface area contributed by atoms with Crippen molar-refractivity contribution in [2.24, 2.45) is 0 Å². The Kier molecular flexibility index (Phi) is 5.16. The summed E-state index contributed by atoms with van der Waals surface area (Å²) in [5.74, 6) is -0.0437. The van der Waals surface area contributed by atoms with Crippen molar-refractivity contribution in [1.29, 1.82) is 0 Å². The van der Waals surface area contributed by atoms with Gasteiger partial charge in [0, 0.05) is 17.8 Å². The van der Waals surface area contributed by atoms with Crippen LogP contribution in [0.1, 0.15) is 6.92 Å². The minimum absolute atomic E-state index is 0.0437. The first-order chi connectivity index (χ1) is 10.2. The SMILES string of the molecule is C=CCNC(=O)C(C)Nc1ccccc1-c1ccccc1. The third-order valence-corrected chi connectivity index (χ3v) is 3.20. The van der Waals surface area contributed by atoms with E-state index in [1.54, 1.807) is 6.08 Å². The summed E-state index contributed by atoms with van der Waals surface area (Å²) in [4.78, 5) is 11.9. The lowest BCUT2D eigenvalue weighted by atomic mass is 10.0. The minimum atomic E-state index is -0.310. The molecule has 0 aliphatic carbocycles. The van der Waals surface area contributed by atoms with Crippen LogP contribution in [-0.2, 0) is 4.79 Å². The van der Waals surface area contributed by atoms with Gasteiger partial charge in [-0.1, -0.05) is 54.6 Å². The number of para-hydroxylation sites is 1. The highest BCUT2D eigenvalue weighted by Crippen LogP contribution is 2.27. The fraction of sp³-hybridized carbons (Fsp3) is 0.167. The summed E-state index contributed by atoms with van der Waals surface area (Å²) in [6.07, 6.45) is 1.67. The smallest absolute Gasteiger partial charge is 0.242 e. The van der Waals surface area contributed by atoms with Crippen molar-refractivity contribution in [3.63, 3.8) is 0 Å². The van der Waals surface area contributed by atoms with Crippen LogP contribution in [0.25, 0.3) is 11.1 Å². The van der Waals surface area contributed by atoms with Gasteiger partial charge in [0.15, 0.2) is 0 Å². The molecule has 2 N–H and O–H groups in total. The van der Waals surface area contributed by atoms with Crippen LogP contribution < -0.4 is 10.6 Å². The van der Waals surface area contributed by atoms with Crippen molar-refractivity contribution in [1.82, 2.24) is 5.32 Å². The highest BCUT2D eigenvalue weighted by atomic mass is 16.2. The molecule has 0 aliphatic heterocycles. The summed E-state index contributed by atoms with van der Waals surface area (Å²) in [7, 11) is 0. The molecule has 0 aromatic heterocycles. The molecular formula is C18H20N2O. The lowest BCUT2D eigenvalue weighted by Crippen LogP contribution is -2.37. The summed E-state index contributed by atoms with van der Waals surface area (Å²) in [5, 5.41) is 6.06. The van der Waals surface area contributed by atoms with Gasteiger partial charge in [0.25, 0.3) is 0 Å². The number of benzene rings is 2. The summed E-state index contributed by atoms with van der Waals surface area (Å²) in [5.41, 5.74) is 3.16. The average molecular weight is 280 g/mol. The topological polar surface area (TPSA) is 41.1 Å². The molecule has 0 heterocycles. The molecule has 108 valence electrons. The van der Waals surface area contributed by atoms with E-state index in [2.05, 4.69) is 29.3 Å².